The van der Waals surface area contributed by atoms with E-state index in [0.717, 1.165) is 12.1 Å². The molecule has 3 amide bonds. The van der Waals surface area contributed by atoms with Crippen molar-refractivity contribution in [2.75, 3.05) is 11.4 Å². The third-order valence-corrected chi connectivity index (χ3v) is 7.71. The summed E-state index contributed by atoms with van der Waals surface area (Å²) >= 11 is 0. The first-order valence-electron chi connectivity index (χ1n) is 14.3. The van der Waals surface area contributed by atoms with Crippen molar-refractivity contribution in [2.45, 2.75) is 38.5 Å². The highest BCUT2D eigenvalue weighted by Crippen LogP contribution is 2.44. The van der Waals surface area contributed by atoms with Crippen LogP contribution in [0.3, 0.4) is 0 Å². The standard InChI is InChI=1S/C33H28F4N6O3/c1-3-42-31-27(25(18-39-29(44)19(2)17-38)41-43(31)24-10-5-4-6-11-24)26(20-12-14-23(34)15-13-20)28(32(42)46)40-30(45)21-8-7-9-22(16-21)33(35,36)37/h4-16,19,26,28H,3,18H2,1-2H3,(H,39,44)(H,40,45)/t19-,26-,28-/m1/s1. The molecule has 0 radical (unpaired) electrons. The normalized spacial score (nSPS) is 16.7. The molecular weight excluding hydrogens is 604 g/mol. The molecule has 0 bridgehead atoms. The molecule has 3 atom stereocenters. The van der Waals surface area contributed by atoms with E-state index in [4.69, 9.17) is 5.10 Å². The summed E-state index contributed by atoms with van der Waals surface area (Å²) in [4.78, 5) is 41.8. The summed E-state index contributed by atoms with van der Waals surface area (Å²) < 4.78 is 56.0. The van der Waals surface area contributed by atoms with Crippen LogP contribution in [0, 0.1) is 23.1 Å². The number of nitrogens with zero attached hydrogens (tertiary/aromatic N) is 4. The van der Waals surface area contributed by atoms with E-state index < -0.39 is 53.2 Å². The molecule has 0 saturated heterocycles. The molecule has 1 aliphatic heterocycles. The summed E-state index contributed by atoms with van der Waals surface area (Å²) in [6, 6.07) is 18.5. The van der Waals surface area contributed by atoms with Gasteiger partial charge in [-0.2, -0.15) is 23.5 Å². The third-order valence-electron chi connectivity index (χ3n) is 7.71. The molecule has 13 heteroatoms. The lowest BCUT2D eigenvalue weighted by Gasteiger charge is -2.38. The van der Waals surface area contributed by atoms with E-state index in [2.05, 4.69) is 10.6 Å². The molecule has 0 saturated carbocycles. The lowest BCUT2D eigenvalue weighted by atomic mass is 9.80. The van der Waals surface area contributed by atoms with Gasteiger partial charge in [0.1, 0.15) is 23.6 Å². The number of rotatable bonds is 8. The van der Waals surface area contributed by atoms with Crippen molar-refractivity contribution in [2.24, 2.45) is 5.92 Å². The zero-order chi connectivity index (χ0) is 33.2. The van der Waals surface area contributed by atoms with Crippen molar-refractivity contribution in [1.29, 1.82) is 5.26 Å². The molecule has 0 aliphatic carbocycles. The molecule has 2 heterocycles. The number of carbonyl (C=O) groups excluding carboxylic acids is 3. The van der Waals surface area contributed by atoms with Crippen LogP contribution in [0.1, 0.15) is 52.5 Å². The van der Waals surface area contributed by atoms with E-state index in [1.807, 2.05) is 6.07 Å². The van der Waals surface area contributed by atoms with Gasteiger partial charge in [-0.05, 0) is 61.9 Å². The molecule has 4 aromatic rings. The van der Waals surface area contributed by atoms with Gasteiger partial charge in [0.25, 0.3) is 11.8 Å². The van der Waals surface area contributed by atoms with Crippen molar-refractivity contribution in [1.82, 2.24) is 20.4 Å². The molecule has 3 aromatic carbocycles. The Balaban J connectivity index is 1.69. The molecule has 0 spiro atoms. The van der Waals surface area contributed by atoms with Gasteiger partial charge in [-0.3, -0.25) is 19.3 Å². The number of likely N-dealkylation sites (N-methyl/N-ethyl adjacent to an activating group) is 1. The number of nitrogens with one attached hydrogen (secondary N) is 2. The van der Waals surface area contributed by atoms with Gasteiger partial charge in [-0.1, -0.05) is 36.4 Å². The van der Waals surface area contributed by atoms with Crippen molar-refractivity contribution in [3.8, 4) is 11.8 Å². The second-order valence-corrected chi connectivity index (χ2v) is 10.6. The van der Waals surface area contributed by atoms with Crippen LogP contribution >= 0.6 is 0 Å². The monoisotopic (exact) mass is 632 g/mol. The predicted molar refractivity (Wildman–Crippen MR) is 159 cm³/mol. The van der Waals surface area contributed by atoms with Crippen LogP contribution in [0.5, 0.6) is 0 Å². The van der Waals surface area contributed by atoms with Crippen molar-refractivity contribution in [3.63, 3.8) is 0 Å². The highest BCUT2D eigenvalue weighted by molar-refractivity contribution is 6.05. The second-order valence-electron chi connectivity index (χ2n) is 10.6. The summed E-state index contributed by atoms with van der Waals surface area (Å²) in [5.74, 6) is -4.23. The number of fused-ring (bicyclic) bond motifs is 1. The Hall–Kier alpha value is -5.51. The average Bonchev–Trinajstić information content (AvgIpc) is 3.43. The highest BCUT2D eigenvalue weighted by atomic mass is 19.4. The Bertz CT molecular complexity index is 1820. The van der Waals surface area contributed by atoms with Gasteiger partial charge in [-0.15, -0.1) is 0 Å². The molecule has 1 aromatic heterocycles. The zero-order valence-electron chi connectivity index (χ0n) is 24.7. The minimum atomic E-state index is -4.70. The molecule has 236 valence electrons. The van der Waals surface area contributed by atoms with Gasteiger partial charge in [0, 0.05) is 23.6 Å². The number of hydrogen-bond donors (Lipinski definition) is 2. The number of para-hydroxylation sites is 1. The van der Waals surface area contributed by atoms with Crippen LogP contribution in [0.25, 0.3) is 5.69 Å². The Morgan fingerprint density at radius 2 is 1.74 bits per heavy atom. The predicted octanol–water partition coefficient (Wildman–Crippen LogP) is 5.10. The number of halogens is 4. The minimum absolute atomic E-state index is 0.119. The van der Waals surface area contributed by atoms with Crippen LogP contribution in [-0.2, 0) is 22.3 Å². The molecule has 2 N–H and O–H groups in total. The van der Waals surface area contributed by atoms with Crippen molar-refractivity contribution in [3.05, 3.63) is 113 Å². The minimum Gasteiger partial charge on any atom is -0.349 e. The lowest BCUT2D eigenvalue weighted by molar-refractivity contribution is -0.137. The maximum absolute atomic E-state index is 14.3. The Kier molecular flexibility index (Phi) is 8.91. The van der Waals surface area contributed by atoms with E-state index in [0.29, 0.717) is 34.4 Å². The lowest BCUT2D eigenvalue weighted by Crippen LogP contribution is -2.55. The second kappa shape index (κ2) is 12.8. The first-order valence-corrected chi connectivity index (χ1v) is 14.3. The van der Waals surface area contributed by atoms with E-state index >= 15 is 0 Å². The number of alkyl halides is 3. The Morgan fingerprint density at radius 1 is 1.04 bits per heavy atom. The van der Waals surface area contributed by atoms with Crippen LogP contribution in [0.4, 0.5) is 23.4 Å². The summed E-state index contributed by atoms with van der Waals surface area (Å²) in [5, 5.41) is 19.3. The fourth-order valence-electron chi connectivity index (χ4n) is 5.43. The SMILES string of the molecule is CCN1C(=O)[C@H](NC(=O)c2cccc(C(F)(F)F)c2)[C@H](c2ccc(F)cc2)c2c(CNC(=O)[C@H](C)C#N)nn(-c3ccccc3)c21. The van der Waals surface area contributed by atoms with Gasteiger partial charge < -0.3 is 10.6 Å². The average molecular weight is 633 g/mol. The van der Waals surface area contributed by atoms with Gasteiger partial charge in [-0.25, -0.2) is 9.07 Å². The van der Waals surface area contributed by atoms with Gasteiger partial charge >= 0.3 is 6.18 Å². The number of aromatic nitrogens is 2. The van der Waals surface area contributed by atoms with E-state index in [1.165, 1.54) is 46.8 Å². The largest absolute Gasteiger partial charge is 0.416 e. The number of nitriles is 1. The maximum atomic E-state index is 14.3. The Morgan fingerprint density at radius 3 is 2.37 bits per heavy atom. The number of hydrogen-bond acceptors (Lipinski definition) is 5. The van der Waals surface area contributed by atoms with E-state index in [1.54, 1.807) is 37.3 Å². The summed E-state index contributed by atoms with van der Waals surface area (Å²) in [6.07, 6.45) is -4.70. The first-order chi connectivity index (χ1) is 21.9. The molecule has 0 unspecified atom stereocenters. The summed E-state index contributed by atoms with van der Waals surface area (Å²) in [7, 11) is 0. The number of benzene rings is 3. The van der Waals surface area contributed by atoms with Crippen LogP contribution in [0.15, 0.2) is 78.9 Å². The maximum Gasteiger partial charge on any atom is 0.416 e. The fourth-order valence-corrected chi connectivity index (χ4v) is 5.43. The van der Waals surface area contributed by atoms with Gasteiger partial charge in [0.2, 0.25) is 5.91 Å². The number of amides is 3. The molecule has 0 fully saturated rings. The fraction of sp³-hybridized carbons (Fsp3) is 0.242. The van der Waals surface area contributed by atoms with Crippen molar-refractivity contribution < 1.29 is 31.9 Å². The van der Waals surface area contributed by atoms with Gasteiger partial charge in [0.15, 0.2) is 0 Å². The molecule has 9 nitrogen and oxygen atoms in total. The number of carbonyl (C=O) groups is 3. The topological polar surface area (TPSA) is 120 Å². The van der Waals surface area contributed by atoms with Crippen LogP contribution in [-0.4, -0.2) is 40.1 Å². The quantitative estimate of drug-likeness (QED) is 0.262. The molecule has 46 heavy (non-hydrogen) atoms. The van der Waals surface area contributed by atoms with Crippen LogP contribution < -0.4 is 15.5 Å². The summed E-state index contributed by atoms with van der Waals surface area (Å²) in [5.41, 5.74) is 0.375. The number of anilines is 1. The van der Waals surface area contributed by atoms with Crippen LogP contribution in [0.2, 0.25) is 0 Å². The van der Waals surface area contributed by atoms with E-state index in [-0.39, 0.29) is 18.7 Å². The highest BCUT2D eigenvalue weighted by Gasteiger charge is 2.46. The molecular formula is C33H28F4N6O3. The zero-order valence-corrected chi connectivity index (χ0v) is 24.7. The molecule has 1 aliphatic rings. The Labute approximate surface area is 261 Å². The first kappa shape index (κ1) is 31.9. The third kappa shape index (κ3) is 6.19. The summed E-state index contributed by atoms with van der Waals surface area (Å²) in [6.45, 7) is 3.11. The molecule has 5 rings (SSSR count). The smallest absolute Gasteiger partial charge is 0.349 e. The van der Waals surface area contributed by atoms with Crippen molar-refractivity contribution >= 4 is 23.5 Å². The van der Waals surface area contributed by atoms with Gasteiger partial charge in [0.05, 0.1) is 29.6 Å². The van der Waals surface area contributed by atoms with E-state index in [9.17, 15) is 37.2 Å².